The van der Waals surface area contributed by atoms with Crippen LogP contribution in [-0.4, -0.2) is 39.5 Å². The van der Waals surface area contributed by atoms with Crippen molar-refractivity contribution in [1.29, 1.82) is 0 Å². The number of hydrogen-bond donors (Lipinski definition) is 2. The molecule has 1 aromatic rings. The van der Waals surface area contributed by atoms with Crippen molar-refractivity contribution >= 4 is 21.9 Å². The Morgan fingerprint density at radius 2 is 1.74 bits per heavy atom. The van der Waals surface area contributed by atoms with Gasteiger partial charge < -0.3 is 10.1 Å². The first-order chi connectivity index (χ1) is 12.8. The number of carbonyl (C=O) groups is 2. The monoisotopic (exact) mass is 396 g/mol. The van der Waals surface area contributed by atoms with Crippen LogP contribution in [0.2, 0.25) is 0 Å². The molecule has 0 unspecified atom stereocenters. The van der Waals surface area contributed by atoms with Gasteiger partial charge in [-0.3, -0.25) is 9.59 Å². The number of carbonyl (C=O) groups excluding carboxylic acids is 2. The molecule has 1 aliphatic rings. The molecule has 7 nitrogen and oxygen atoms in total. The number of amides is 1. The van der Waals surface area contributed by atoms with Gasteiger partial charge in [-0.05, 0) is 50.7 Å². The highest BCUT2D eigenvalue weighted by Gasteiger charge is 2.20. The molecule has 0 radical (unpaired) electrons. The predicted octanol–water partition coefficient (Wildman–Crippen LogP) is 1.90. The zero-order valence-corrected chi connectivity index (χ0v) is 16.7. The van der Waals surface area contributed by atoms with Gasteiger partial charge in [-0.15, -0.1) is 0 Å². The second-order valence-corrected chi connectivity index (χ2v) is 8.91. The van der Waals surface area contributed by atoms with Crippen LogP contribution in [0.3, 0.4) is 0 Å². The van der Waals surface area contributed by atoms with Crippen molar-refractivity contribution in [1.82, 2.24) is 10.0 Å². The number of rotatable bonds is 8. The van der Waals surface area contributed by atoms with E-state index in [1.54, 1.807) is 12.1 Å². The van der Waals surface area contributed by atoms with E-state index in [1.165, 1.54) is 12.1 Å². The molecule has 0 spiro atoms. The second kappa shape index (κ2) is 9.85. The van der Waals surface area contributed by atoms with Gasteiger partial charge in [-0.1, -0.05) is 24.6 Å². The number of esters is 1. The highest BCUT2D eigenvalue weighted by molar-refractivity contribution is 7.89. The Balaban J connectivity index is 1.65. The van der Waals surface area contributed by atoms with E-state index in [2.05, 4.69) is 17.0 Å². The Labute approximate surface area is 160 Å². The molecule has 150 valence electrons. The van der Waals surface area contributed by atoms with Crippen LogP contribution in [0.15, 0.2) is 29.2 Å². The molecule has 0 aliphatic heterocycles. The first-order valence-electron chi connectivity index (χ1n) is 9.27. The van der Waals surface area contributed by atoms with Crippen molar-refractivity contribution in [3.8, 4) is 0 Å². The van der Waals surface area contributed by atoms with E-state index in [0.29, 0.717) is 5.92 Å². The minimum atomic E-state index is -3.66. The average molecular weight is 397 g/mol. The normalized spacial score (nSPS) is 20.1. The van der Waals surface area contributed by atoms with Crippen LogP contribution in [0, 0.1) is 12.8 Å². The summed E-state index contributed by atoms with van der Waals surface area (Å²) in [4.78, 5) is 23.7. The number of ether oxygens (including phenoxy) is 1. The van der Waals surface area contributed by atoms with Gasteiger partial charge in [0.25, 0.3) is 5.91 Å². The number of hydrogen-bond acceptors (Lipinski definition) is 5. The van der Waals surface area contributed by atoms with Crippen LogP contribution in [0.5, 0.6) is 0 Å². The molecule has 1 saturated carbocycles. The third-order valence-corrected chi connectivity index (χ3v) is 6.17. The minimum absolute atomic E-state index is 0.0861. The maximum atomic E-state index is 12.1. The molecule has 0 heterocycles. The SMILES string of the molecule is Cc1ccc(S(=O)(=O)NCCC(=O)OCC(=O)NC2CCC(C)CC2)cc1. The third kappa shape index (κ3) is 7.30. The van der Waals surface area contributed by atoms with E-state index in [0.717, 1.165) is 31.2 Å². The summed E-state index contributed by atoms with van der Waals surface area (Å²) in [5.41, 5.74) is 0.957. The smallest absolute Gasteiger partial charge is 0.307 e. The molecule has 27 heavy (non-hydrogen) atoms. The maximum absolute atomic E-state index is 12.1. The highest BCUT2D eigenvalue weighted by atomic mass is 32.2. The Morgan fingerprint density at radius 3 is 2.37 bits per heavy atom. The lowest BCUT2D eigenvalue weighted by atomic mass is 9.87. The van der Waals surface area contributed by atoms with Crippen LogP contribution in [0.25, 0.3) is 0 Å². The molecule has 0 saturated heterocycles. The van der Waals surface area contributed by atoms with Crippen molar-refractivity contribution in [2.24, 2.45) is 5.92 Å². The second-order valence-electron chi connectivity index (χ2n) is 7.15. The van der Waals surface area contributed by atoms with E-state index in [4.69, 9.17) is 4.74 Å². The van der Waals surface area contributed by atoms with Crippen LogP contribution in [-0.2, 0) is 24.3 Å². The topological polar surface area (TPSA) is 102 Å². The van der Waals surface area contributed by atoms with Crippen LogP contribution >= 0.6 is 0 Å². The van der Waals surface area contributed by atoms with Crippen molar-refractivity contribution in [3.63, 3.8) is 0 Å². The summed E-state index contributed by atoms with van der Waals surface area (Å²) < 4.78 is 31.5. The van der Waals surface area contributed by atoms with Crippen molar-refractivity contribution in [2.45, 2.75) is 56.9 Å². The Morgan fingerprint density at radius 1 is 1.11 bits per heavy atom. The van der Waals surface area contributed by atoms with Crippen molar-refractivity contribution < 1.29 is 22.7 Å². The van der Waals surface area contributed by atoms with E-state index in [1.807, 2.05) is 6.92 Å². The average Bonchev–Trinajstić information content (AvgIpc) is 2.62. The molecule has 2 rings (SSSR count). The summed E-state index contributed by atoms with van der Waals surface area (Å²) in [6, 6.07) is 6.57. The van der Waals surface area contributed by atoms with Gasteiger partial charge in [0.1, 0.15) is 0 Å². The molecule has 0 aromatic heterocycles. The quantitative estimate of drug-likeness (QED) is 0.654. The number of aryl methyl sites for hydroxylation is 1. The lowest BCUT2D eigenvalue weighted by Gasteiger charge is -2.26. The summed E-state index contributed by atoms with van der Waals surface area (Å²) in [5, 5.41) is 2.87. The molecular formula is C19H28N2O5S. The van der Waals surface area contributed by atoms with Crippen LogP contribution in [0.1, 0.15) is 44.6 Å². The maximum Gasteiger partial charge on any atom is 0.307 e. The Bertz CT molecular complexity index is 738. The standard InChI is InChI=1S/C19H28N2O5S/c1-14-3-7-16(8-4-14)21-18(22)13-26-19(23)11-12-20-27(24,25)17-9-5-15(2)6-10-17/h5-6,9-10,14,16,20H,3-4,7-8,11-13H2,1-2H3,(H,21,22). The summed E-state index contributed by atoms with van der Waals surface area (Å²) in [6.07, 6.45) is 3.93. The fourth-order valence-electron chi connectivity index (χ4n) is 2.98. The molecular weight excluding hydrogens is 368 g/mol. The van der Waals surface area contributed by atoms with Gasteiger partial charge >= 0.3 is 5.97 Å². The number of nitrogens with one attached hydrogen (secondary N) is 2. The molecule has 1 amide bonds. The van der Waals surface area contributed by atoms with Crippen LogP contribution in [0.4, 0.5) is 0 Å². The van der Waals surface area contributed by atoms with E-state index < -0.39 is 16.0 Å². The first-order valence-corrected chi connectivity index (χ1v) is 10.8. The lowest BCUT2D eigenvalue weighted by Crippen LogP contribution is -2.39. The van der Waals surface area contributed by atoms with Crippen molar-refractivity contribution in [2.75, 3.05) is 13.2 Å². The van der Waals surface area contributed by atoms with Crippen molar-refractivity contribution in [3.05, 3.63) is 29.8 Å². The molecule has 1 aliphatic carbocycles. The number of benzene rings is 1. The molecule has 2 N–H and O–H groups in total. The number of sulfonamides is 1. The molecule has 1 fully saturated rings. The van der Waals surface area contributed by atoms with Gasteiger partial charge in [0, 0.05) is 12.6 Å². The molecule has 0 bridgehead atoms. The fraction of sp³-hybridized carbons (Fsp3) is 0.579. The Hall–Kier alpha value is -1.93. The lowest BCUT2D eigenvalue weighted by molar-refractivity contribution is -0.148. The molecule has 0 atom stereocenters. The minimum Gasteiger partial charge on any atom is -0.456 e. The van der Waals surface area contributed by atoms with Gasteiger partial charge in [0.15, 0.2) is 6.61 Å². The first kappa shape index (κ1) is 21.4. The fourth-order valence-corrected chi connectivity index (χ4v) is 4.01. The zero-order chi connectivity index (χ0) is 19.9. The van der Waals surface area contributed by atoms with Gasteiger partial charge in [0.2, 0.25) is 10.0 Å². The third-order valence-electron chi connectivity index (χ3n) is 4.70. The van der Waals surface area contributed by atoms with Gasteiger partial charge in [-0.2, -0.15) is 0 Å². The summed E-state index contributed by atoms with van der Waals surface area (Å²) in [7, 11) is -3.66. The zero-order valence-electron chi connectivity index (χ0n) is 15.9. The van der Waals surface area contributed by atoms with Gasteiger partial charge in [0.05, 0.1) is 11.3 Å². The van der Waals surface area contributed by atoms with E-state index in [9.17, 15) is 18.0 Å². The van der Waals surface area contributed by atoms with Gasteiger partial charge in [-0.25, -0.2) is 13.1 Å². The molecule has 8 heteroatoms. The largest absolute Gasteiger partial charge is 0.456 e. The van der Waals surface area contributed by atoms with E-state index >= 15 is 0 Å². The van der Waals surface area contributed by atoms with E-state index in [-0.39, 0.29) is 36.4 Å². The summed E-state index contributed by atoms with van der Waals surface area (Å²) in [5.74, 6) is -0.239. The highest BCUT2D eigenvalue weighted by Crippen LogP contribution is 2.23. The summed E-state index contributed by atoms with van der Waals surface area (Å²) >= 11 is 0. The Kier molecular flexibility index (Phi) is 7.79. The predicted molar refractivity (Wildman–Crippen MR) is 102 cm³/mol. The van der Waals surface area contributed by atoms with Crippen LogP contribution < -0.4 is 10.0 Å². The summed E-state index contributed by atoms with van der Waals surface area (Å²) in [6.45, 7) is 3.64. The molecule has 1 aromatic carbocycles.